The highest BCUT2D eigenvalue weighted by atomic mass is 127. The molecule has 0 aromatic heterocycles. The molecule has 0 amide bonds. The van der Waals surface area contributed by atoms with Crippen molar-refractivity contribution in [2.75, 3.05) is 39.8 Å². The molecule has 0 radical (unpaired) electrons. The van der Waals surface area contributed by atoms with Gasteiger partial charge in [-0.05, 0) is 31.2 Å². The molecule has 2 aliphatic heterocycles. The van der Waals surface area contributed by atoms with Crippen molar-refractivity contribution in [1.29, 1.82) is 0 Å². The topological polar surface area (TPSA) is 40.1 Å². The molecular weight excluding hydrogens is 451 g/mol. The Morgan fingerprint density at radius 2 is 1.96 bits per heavy atom. The Balaban J connectivity index is 0.00000210. The van der Waals surface area contributed by atoms with Crippen LogP contribution < -0.4 is 10.1 Å². The summed E-state index contributed by atoms with van der Waals surface area (Å²) in [5.41, 5.74) is 1.20. The summed E-state index contributed by atoms with van der Waals surface area (Å²) in [6.45, 7) is 5.91. The number of guanidine groups is 1. The Morgan fingerprint density at radius 3 is 2.70 bits per heavy atom. The number of hydrogen-bond donors (Lipinski definition) is 1. The second kappa shape index (κ2) is 9.78. The minimum absolute atomic E-state index is 0. The van der Waals surface area contributed by atoms with Gasteiger partial charge >= 0.3 is 0 Å². The second-order valence-electron chi connectivity index (χ2n) is 7.58. The summed E-state index contributed by atoms with van der Waals surface area (Å²) in [5.74, 6) is 2.77. The molecule has 1 aromatic rings. The zero-order valence-electron chi connectivity index (χ0n) is 16.1. The van der Waals surface area contributed by atoms with Gasteiger partial charge in [-0.25, -0.2) is 0 Å². The zero-order valence-corrected chi connectivity index (χ0v) is 18.5. The second-order valence-corrected chi connectivity index (χ2v) is 7.58. The molecule has 27 heavy (non-hydrogen) atoms. The van der Waals surface area contributed by atoms with E-state index in [1.165, 1.54) is 24.8 Å². The van der Waals surface area contributed by atoms with Crippen molar-refractivity contribution < 1.29 is 4.74 Å². The van der Waals surface area contributed by atoms with Gasteiger partial charge in [-0.15, -0.1) is 24.0 Å². The summed E-state index contributed by atoms with van der Waals surface area (Å²) < 4.78 is 6.03. The largest absolute Gasteiger partial charge is 0.493 e. The van der Waals surface area contributed by atoms with Gasteiger partial charge in [-0.3, -0.25) is 9.89 Å². The molecule has 1 saturated heterocycles. The van der Waals surface area contributed by atoms with Gasteiger partial charge in [-0.2, -0.15) is 0 Å². The average molecular weight is 482 g/mol. The van der Waals surface area contributed by atoms with E-state index in [9.17, 15) is 0 Å². The number of hydrogen-bond acceptors (Lipinski definition) is 3. The fraction of sp³-hybridized carbons (Fsp3) is 0.571. The van der Waals surface area contributed by atoms with Crippen molar-refractivity contribution in [1.82, 2.24) is 15.1 Å². The molecule has 1 aliphatic carbocycles. The lowest BCUT2D eigenvalue weighted by atomic mass is 10.2. The minimum atomic E-state index is 0. The lowest BCUT2D eigenvalue weighted by molar-refractivity contribution is 0.259. The third-order valence-corrected chi connectivity index (χ3v) is 5.62. The van der Waals surface area contributed by atoms with Crippen LogP contribution in [0.5, 0.6) is 5.75 Å². The van der Waals surface area contributed by atoms with E-state index in [0.29, 0.717) is 6.04 Å². The van der Waals surface area contributed by atoms with Crippen LogP contribution >= 0.6 is 24.0 Å². The average Bonchev–Trinajstić information content (AvgIpc) is 3.12. The number of rotatable bonds is 6. The highest BCUT2D eigenvalue weighted by Gasteiger charge is 2.29. The Morgan fingerprint density at radius 1 is 1.19 bits per heavy atom. The van der Waals surface area contributed by atoms with Crippen LogP contribution in [-0.4, -0.2) is 61.6 Å². The molecule has 5 nitrogen and oxygen atoms in total. The Bertz CT molecular complexity index is 666. The fourth-order valence-electron chi connectivity index (χ4n) is 3.81. The van der Waals surface area contributed by atoms with Crippen LogP contribution in [0, 0.1) is 5.92 Å². The molecule has 2 fully saturated rings. The van der Waals surface area contributed by atoms with Crippen LogP contribution in [-0.2, 0) is 6.54 Å². The van der Waals surface area contributed by atoms with E-state index in [1.807, 2.05) is 7.05 Å². The molecule has 1 unspecified atom stereocenters. The van der Waals surface area contributed by atoms with E-state index >= 15 is 0 Å². The Kier molecular flexibility index (Phi) is 7.41. The number of halogens is 1. The first-order valence-corrected chi connectivity index (χ1v) is 9.89. The molecule has 0 bridgehead atoms. The van der Waals surface area contributed by atoms with E-state index < -0.39 is 0 Å². The maximum absolute atomic E-state index is 6.03. The molecule has 1 atom stereocenters. The van der Waals surface area contributed by atoms with E-state index in [1.54, 1.807) is 0 Å². The zero-order chi connectivity index (χ0) is 17.8. The molecule has 1 aromatic carbocycles. The first-order valence-electron chi connectivity index (χ1n) is 9.89. The van der Waals surface area contributed by atoms with E-state index in [4.69, 9.17) is 4.74 Å². The smallest absolute Gasteiger partial charge is 0.193 e. The van der Waals surface area contributed by atoms with Gasteiger partial charge in [0, 0.05) is 51.4 Å². The van der Waals surface area contributed by atoms with Gasteiger partial charge in [0.2, 0.25) is 0 Å². The lowest BCUT2D eigenvalue weighted by Crippen LogP contribution is -2.42. The standard InChI is InChI=1S/C21H30N4O.HI/c1-22-21(25-13-10-19(15-25)24-11-4-5-12-24)23-14-18-6-2-3-7-20(18)26-16-17-8-9-17;/h2-7,17,19H,8-16H2,1H3,(H,22,23);1H. The third kappa shape index (κ3) is 5.38. The van der Waals surface area contributed by atoms with Crippen molar-refractivity contribution in [3.63, 3.8) is 0 Å². The highest BCUT2D eigenvalue weighted by molar-refractivity contribution is 14.0. The van der Waals surface area contributed by atoms with Crippen LogP contribution in [0.15, 0.2) is 41.4 Å². The quantitative estimate of drug-likeness (QED) is 0.293. The Labute approximate surface area is 179 Å². The van der Waals surface area contributed by atoms with Crippen molar-refractivity contribution in [3.05, 3.63) is 42.0 Å². The van der Waals surface area contributed by atoms with Crippen molar-refractivity contribution in [3.8, 4) is 5.75 Å². The van der Waals surface area contributed by atoms with Gasteiger partial charge < -0.3 is 15.0 Å². The molecular formula is C21H31IN4O. The SMILES string of the molecule is CN=C(NCc1ccccc1OCC1CC1)N1CCC(N2CC=CC2)C1.I. The summed E-state index contributed by atoms with van der Waals surface area (Å²) in [6, 6.07) is 8.99. The molecule has 3 aliphatic rings. The molecule has 6 heteroatoms. The molecule has 148 valence electrons. The number of likely N-dealkylation sites (tertiary alicyclic amines) is 1. The number of benzene rings is 1. The molecule has 4 rings (SSSR count). The monoisotopic (exact) mass is 482 g/mol. The van der Waals surface area contributed by atoms with Crippen molar-refractivity contribution in [2.24, 2.45) is 10.9 Å². The van der Waals surface area contributed by atoms with Gasteiger partial charge in [0.05, 0.1) is 6.61 Å². The van der Waals surface area contributed by atoms with Gasteiger partial charge in [0.15, 0.2) is 5.96 Å². The number of ether oxygens (including phenoxy) is 1. The summed E-state index contributed by atoms with van der Waals surface area (Å²) >= 11 is 0. The van der Waals surface area contributed by atoms with Crippen LogP contribution in [0.1, 0.15) is 24.8 Å². The van der Waals surface area contributed by atoms with Crippen LogP contribution in [0.2, 0.25) is 0 Å². The number of para-hydroxylation sites is 1. The maximum atomic E-state index is 6.03. The summed E-state index contributed by atoms with van der Waals surface area (Å²) in [5, 5.41) is 3.54. The number of aliphatic imine (C=N–C) groups is 1. The predicted octanol–water partition coefficient (Wildman–Crippen LogP) is 3.11. The maximum Gasteiger partial charge on any atom is 0.193 e. The normalized spacial score (nSPS) is 22.8. The number of nitrogens with zero attached hydrogens (tertiary/aromatic N) is 3. The van der Waals surface area contributed by atoms with Crippen molar-refractivity contribution >= 4 is 29.9 Å². The van der Waals surface area contributed by atoms with E-state index in [0.717, 1.165) is 57.0 Å². The summed E-state index contributed by atoms with van der Waals surface area (Å²) in [4.78, 5) is 9.45. The van der Waals surface area contributed by atoms with Gasteiger partial charge in [0.1, 0.15) is 5.75 Å². The van der Waals surface area contributed by atoms with E-state index in [-0.39, 0.29) is 24.0 Å². The van der Waals surface area contributed by atoms with Crippen LogP contribution in [0.3, 0.4) is 0 Å². The molecule has 1 N–H and O–H groups in total. The molecule has 0 spiro atoms. The first kappa shape index (κ1) is 20.5. The van der Waals surface area contributed by atoms with Crippen LogP contribution in [0.25, 0.3) is 0 Å². The third-order valence-electron chi connectivity index (χ3n) is 5.62. The predicted molar refractivity (Wildman–Crippen MR) is 121 cm³/mol. The minimum Gasteiger partial charge on any atom is -0.493 e. The van der Waals surface area contributed by atoms with E-state index in [2.05, 4.69) is 56.5 Å². The van der Waals surface area contributed by atoms with Crippen molar-refractivity contribution in [2.45, 2.75) is 31.8 Å². The van der Waals surface area contributed by atoms with Gasteiger partial charge in [-0.1, -0.05) is 30.4 Å². The number of nitrogens with one attached hydrogen (secondary N) is 1. The molecule has 2 heterocycles. The fourth-order valence-corrected chi connectivity index (χ4v) is 3.81. The highest BCUT2D eigenvalue weighted by Crippen LogP contribution is 2.30. The molecule has 1 saturated carbocycles. The van der Waals surface area contributed by atoms with Gasteiger partial charge in [0.25, 0.3) is 0 Å². The Hall–Kier alpha value is -1.28. The first-order chi connectivity index (χ1) is 12.8. The van der Waals surface area contributed by atoms with Crippen LogP contribution in [0.4, 0.5) is 0 Å². The lowest BCUT2D eigenvalue weighted by Gasteiger charge is -2.25. The summed E-state index contributed by atoms with van der Waals surface area (Å²) in [7, 11) is 1.88. The summed E-state index contributed by atoms with van der Waals surface area (Å²) in [6.07, 6.45) is 8.39.